The smallest absolute Gasteiger partial charge is 0.277 e. The van der Waals surface area contributed by atoms with Crippen LogP contribution >= 0.6 is 0 Å². The Morgan fingerprint density at radius 3 is 2.76 bits per heavy atom. The molecule has 0 radical (unpaired) electrons. The second-order valence-electron chi connectivity index (χ2n) is 6.84. The summed E-state index contributed by atoms with van der Waals surface area (Å²) in [4.78, 5) is 25.6. The molecular weight excluding hydrogens is 320 g/mol. The van der Waals surface area contributed by atoms with Crippen molar-refractivity contribution in [3.8, 4) is 0 Å². The van der Waals surface area contributed by atoms with E-state index >= 15 is 0 Å². The fourth-order valence-electron chi connectivity index (χ4n) is 3.01. The Bertz CT molecular complexity index is 777. The molecule has 4 rings (SSSR count). The van der Waals surface area contributed by atoms with E-state index in [0.29, 0.717) is 23.4 Å². The molecule has 1 saturated heterocycles. The van der Waals surface area contributed by atoms with E-state index in [2.05, 4.69) is 25.3 Å². The first kappa shape index (κ1) is 15.9. The average Bonchev–Trinajstić information content (AvgIpc) is 3.12. The van der Waals surface area contributed by atoms with Gasteiger partial charge in [-0.15, -0.1) is 0 Å². The number of hydrogen-bond acceptors (Lipinski definition) is 7. The van der Waals surface area contributed by atoms with E-state index in [0.717, 1.165) is 44.5 Å². The van der Waals surface area contributed by atoms with E-state index < -0.39 is 0 Å². The zero-order valence-corrected chi connectivity index (χ0v) is 14.5. The molecule has 0 spiro atoms. The highest BCUT2D eigenvalue weighted by Crippen LogP contribution is 2.40. The van der Waals surface area contributed by atoms with Crippen LogP contribution in [0, 0.1) is 0 Å². The molecule has 0 bridgehead atoms. The number of anilines is 3. The van der Waals surface area contributed by atoms with Crippen molar-refractivity contribution in [1.29, 1.82) is 0 Å². The Morgan fingerprint density at radius 1 is 1.32 bits per heavy atom. The molecule has 0 atom stereocenters. The van der Waals surface area contributed by atoms with Crippen molar-refractivity contribution in [2.75, 3.05) is 42.3 Å². The lowest BCUT2D eigenvalue weighted by atomic mass is 10.2. The van der Waals surface area contributed by atoms with Crippen molar-refractivity contribution >= 4 is 23.4 Å². The maximum atomic E-state index is 12.5. The third kappa shape index (κ3) is 3.29. The number of carbonyl (C=O) groups is 1. The van der Waals surface area contributed by atoms with Gasteiger partial charge in [0.1, 0.15) is 11.4 Å². The minimum atomic E-state index is -0.309. The molecule has 0 unspecified atom stereocenters. The van der Waals surface area contributed by atoms with Gasteiger partial charge in [0.2, 0.25) is 5.95 Å². The van der Waals surface area contributed by atoms with Crippen molar-refractivity contribution in [1.82, 2.24) is 15.1 Å². The van der Waals surface area contributed by atoms with Crippen molar-refractivity contribution in [3.63, 3.8) is 0 Å². The van der Waals surface area contributed by atoms with Crippen LogP contribution in [0.3, 0.4) is 0 Å². The number of nitrogens with zero attached hydrogens (tertiary/aromatic N) is 5. The maximum Gasteiger partial charge on any atom is 0.277 e. The molecular formula is C17H22N6O2. The van der Waals surface area contributed by atoms with Crippen LogP contribution in [0.1, 0.15) is 47.8 Å². The van der Waals surface area contributed by atoms with E-state index in [-0.39, 0.29) is 11.6 Å². The summed E-state index contributed by atoms with van der Waals surface area (Å²) < 4.78 is 5.25. The molecule has 2 fully saturated rings. The van der Waals surface area contributed by atoms with Gasteiger partial charge in [-0.05, 0) is 25.7 Å². The quantitative estimate of drug-likeness (QED) is 0.891. The van der Waals surface area contributed by atoms with Crippen LogP contribution in [-0.4, -0.2) is 48.2 Å². The van der Waals surface area contributed by atoms with Crippen LogP contribution in [-0.2, 0) is 0 Å². The summed E-state index contributed by atoms with van der Waals surface area (Å²) in [6.07, 6.45) is 6.19. The van der Waals surface area contributed by atoms with Crippen molar-refractivity contribution < 1.29 is 9.32 Å². The highest BCUT2D eigenvalue weighted by atomic mass is 16.5. The lowest BCUT2D eigenvalue weighted by Gasteiger charge is -2.20. The summed E-state index contributed by atoms with van der Waals surface area (Å²) >= 11 is 0. The van der Waals surface area contributed by atoms with Crippen LogP contribution in [0.25, 0.3) is 0 Å². The molecule has 132 valence electrons. The molecule has 1 saturated carbocycles. The SMILES string of the molecule is CN(C)c1nc(N2CCCC2)ncc1NC(=O)c1cc(C2CC2)on1. The minimum absolute atomic E-state index is 0.287. The van der Waals surface area contributed by atoms with Gasteiger partial charge < -0.3 is 19.6 Å². The van der Waals surface area contributed by atoms with Crippen LogP contribution in [0.4, 0.5) is 17.5 Å². The van der Waals surface area contributed by atoms with Crippen molar-refractivity contribution in [2.45, 2.75) is 31.6 Å². The predicted molar refractivity (Wildman–Crippen MR) is 94.2 cm³/mol. The van der Waals surface area contributed by atoms with Crippen LogP contribution in [0.15, 0.2) is 16.8 Å². The largest absolute Gasteiger partial charge is 0.361 e. The normalized spacial score (nSPS) is 17.0. The first-order valence-electron chi connectivity index (χ1n) is 8.69. The molecule has 0 aromatic carbocycles. The van der Waals surface area contributed by atoms with Crippen LogP contribution < -0.4 is 15.1 Å². The van der Waals surface area contributed by atoms with Gasteiger partial charge in [-0.1, -0.05) is 5.16 Å². The lowest BCUT2D eigenvalue weighted by Crippen LogP contribution is -2.23. The van der Waals surface area contributed by atoms with E-state index in [1.165, 1.54) is 0 Å². The zero-order chi connectivity index (χ0) is 17.4. The molecule has 1 amide bonds. The number of carbonyl (C=O) groups excluding carboxylic acids is 1. The second-order valence-corrected chi connectivity index (χ2v) is 6.84. The topological polar surface area (TPSA) is 87.4 Å². The molecule has 3 heterocycles. The van der Waals surface area contributed by atoms with Gasteiger partial charge in [0, 0.05) is 39.2 Å². The van der Waals surface area contributed by atoms with E-state index in [1.807, 2.05) is 19.0 Å². The monoisotopic (exact) mass is 342 g/mol. The average molecular weight is 342 g/mol. The van der Waals surface area contributed by atoms with Crippen LogP contribution in [0.2, 0.25) is 0 Å². The Hall–Kier alpha value is -2.64. The molecule has 8 nitrogen and oxygen atoms in total. The molecule has 2 aromatic heterocycles. The number of hydrogen-bond donors (Lipinski definition) is 1. The van der Waals surface area contributed by atoms with Gasteiger partial charge in [-0.2, -0.15) is 4.98 Å². The zero-order valence-electron chi connectivity index (χ0n) is 14.5. The number of rotatable bonds is 5. The second kappa shape index (κ2) is 6.34. The summed E-state index contributed by atoms with van der Waals surface area (Å²) in [5.74, 6) is 2.29. The highest BCUT2D eigenvalue weighted by molar-refractivity contribution is 6.04. The van der Waals surface area contributed by atoms with Gasteiger partial charge in [-0.25, -0.2) is 4.98 Å². The summed E-state index contributed by atoms with van der Waals surface area (Å²) in [6, 6.07) is 1.72. The number of aromatic nitrogens is 3. The minimum Gasteiger partial charge on any atom is -0.361 e. The molecule has 2 aliphatic rings. The van der Waals surface area contributed by atoms with Gasteiger partial charge in [0.25, 0.3) is 5.91 Å². The van der Waals surface area contributed by atoms with Gasteiger partial charge in [0.05, 0.1) is 6.20 Å². The third-order valence-corrected chi connectivity index (χ3v) is 4.56. The maximum absolute atomic E-state index is 12.5. The van der Waals surface area contributed by atoms with Gasteiger partial charge in [-0.3, -0.25) is 4.79 Å². The standard InChI is InChI=1S/C17H22N6O2/c1-22(2)15-13(10-18-17(20-15)23-7-3-4-8-23)19-16(24)12-9-14(25-21-12)11-5-6-11/h9-11H,3-8H2,1-2H3,(H,19,24). The fourth-order valence-corrected chi connectivity index (χ4v) is 3.01. The summed E-state index contributed by atoms with van der Waals surface area (Å²) in [7, 11) is 3.79. The Labute approximate surface area is 146 Å². The first-order chi connectivity index (χ1) is 12.1. The Kier molecular flexibility index (Phi) is 4.03. The summed E-state index contributed by atoms with van der Waals surface area (Å²) in [6.45, 7) is 1.95. The van der Waals surface area contributed by atoms with E-state index in [1.54, 1.807) is 12.3 Å². The molecule has 1 aliphatic heterocycles. The van der Waals surface area contributed by atoms with Crippen LogP contribution in [0.5, 0.6) is 0 Å². The molecule has 25 heavy (non-hydrogen) atoms. The molecule has 8 heteroatoms. The van der Waals surface area contributed by atoms with E-state index in [4.69, 9.17) is 4.52 Å². The third-order valence-electron chi connectivity index (χ3n) is 4.56. The summed E-state index contributed by atoms with van der Waals surface area (Å²) in [5.41, 5.74) is 0.851. The first-order valence-corrected chi connectivity index (χ1v) is 8.69. The van der Waals surface area contributed by atoms with Crippen molar-refractivity contribution in [2.24, 2.45) is 0 Å². The van der Waals surface area contributed by atoms with E-state index in [9.17, 15) is 4.79 Å². The number of nitrogens with one attached hydrogen (secondary N) is 1. The molecule has 2 aromatic rings. The molecule has 1 aliphatic carbocycles. The fraction of sp³-hybridized carbons (Fsp3) is 0.529. The van der Waals surface area contributed by atoms with Crippen molar-refractivity contribution in [3.05, 3.63) is 23.7 Å². The molecule has 1 N–H and O–H groups in total. The highest BCUT2D eigenvalue weighted by Gasteiger charge is 2.29. The Morgan fingerprint density at radius 2 is 2.08 bits per heavy atom. The number of amides is 1. The van der Waals surface area contributed by atoms with Gasteiger partial charge >= 0.3 is 0 Å². The lowest BCUT2D eigenvalue weighted by molar-refractivity contribution is 0.101. The van der Waals surface area contributed by atoms with Gasteiger partial charge in [0.15, 0.2) is 11.5 Å². The Balaban J connectivity index is 1.54. The summed E-state index contributed by atoms with van der Waals surface area (Å²) in [5, 5.41) is 6.73. The predicted octanol–water partition coefficient (Wildman–Crippen LogP) is 2.26.